The number of amides is 1. The number of methoxy groups -OCH3 is 1. The molecule has 1 amide bonds. The molecule has 30 heavy (non-hydrogen) atoms. The lowest BCUT2D eigenvalue weighted by molar-refractivity contribution is -0.179. The van der Waals surface area contributed by atoms with Gasteiger partial charge >= 0.3 is 5.97 Å². The molecule has 0 radical (unpaired) electrons. The molecule has 2 fully saturated rings. The molecule has 4 rings (SSSR count). The third-order valence-corrected chi connectivity index (χ3v) is 6.10. The van der Waals surface area contributed by atoms with E-state index in [1.807, 2.05) is 47.4 Å². The van der Waals surface area contributed by atoms with Gasteiger partial charge in [0, 0.05) is 16.6 Å². The molecule has 0 aromatic heterocycles. The first-order valence-electron chi connectivity index (χ1n) is 10.00. The average molecular weight is 448 g/mol. The molecule has 0 unspecified atom stereocenters. The van der Waals surface area contributed by atoms with Gasteiger partial charge in [-0.15, -0.1) is 0 Å². The molecule has 1 saturated heterocycles. The summed E-state index contributed by atoms with van der Waals surface area (Å²) in [6, 6.07) is 14.5. The van der Waals surface area contributed by atoms with Gasteiger partial charge in [0.25, 0.3) is 5.91 Å². The molecular weight excluding hydrogens is 425 g/mol. The average Bonchev–Trinajstić information content (AvgIpc) is 3.55. The molecule has 3 atom stereocenters. The first kappa shape index (κ1) is 21.2. The topological polar surface area (TPSA) is 55.8 Å². The van der Waals surface area contributed by atoms with Crippen LogP contribution in [0.15, 0.2) is 48.5 Å². The maximum Gasteiger partial charge on any atom is 0.308 e. The second kappa shape index (κ2) is 8.96. The number of benzene rings is 2. The fraction of sp³-hybridized carbons (Fsp3) is 0.391. The summed E-state index contributed by atoms with van der Waals surface area (Å²) in [7, 11) is 1.31. The number of morpholine rings is 1. The minimum absolute atomic E-state index is 0.124. The van der Waals surface area contributed by atoms with Gasteiger partial charge in [-0.1, -0.05) is 47.5 Å². The third-order valence-electron chi connectivity index (χ3n) is 5.61. The molecule has 7 heteroatoms. The van der Waals surface area contributed by atoms with E-state index in [-0.39, 0.29) is 18.4 Å². The van der Waals surface area contributed by atoms with Crippen molar-refractivity contribution in [2.24, 2.45) is 5.92 Å². The Morgan fingerprint density at radius 1 is 1.10 bits per heavy atom. The summed E-state index contributed by atoms with van der Waals surface area (Å²) in [6.07, 6.45) is 0.698. The Kier molecular flexibility index (Phi) is 6.32. The number of nitrogens with zero attached hydrogens (tertiary/aromatic N) is 1. The van der Waals surface area contributed by atoms with Crippen LogP contribution in [0.1, 0.15) is 42.5 Å². The first-order valence-corrected chi connectivity index (χ1v) is 10.8. The Bertz CT molecular complexity index is 929. The van der Waals surface area contributed by atoms with Gasteiger partial charge in [0.1, 0.15) is 12.2 Å². The Labute approximate surface area is 185 Å². The van der Waals surface area contributed by atoms with E-state index in [2.05, 4.69) is 0 Å². The summed E-state index contributed by atoms with van der Waals surface area (Å²) in [5, 5.41) is 1.21. The maximum absolute atomic E-state index is 13.4. The molecule has 2 aromatic carbocycles. The van der Waals surface area contributed by atoms with E-state index in [9.17, 15) is 9.59 Å². The summed E-state index contributed by atoms with van der Waals surface area (Å²) in [5.41, 5.74) is 1.78. The molecule has 1 saturated carbocycles. The third kappa shape index (κ3) is 4.64. The zero-order chi connectivity index (χ0) is 21.3. The van der Waals surface area contributed by atoms with Gasteiger partial charge in [0.05, 0.1) is 19.6 Å². The Hall–Kier alpha value is -2.08. The van der Waals surface area contributed by atoms with Crippen molar-refractivity contribution >= 4 is 35.1 Å². The van der Waals surface area contributed by atoms with Crippen LogP contribution in [-0.2, 0) is 19.1 Å². The quantitative estimate of drug-likeness (QED) is 0.586. The number of hydrogen-bond donors (Lipinski definition) is 0. The van der Waals surface area contributed by atoms with Crippen LogP contribution in [-0.4, -0.2) is 36.5 Å². The molecule has 0 N–H and O–H groups in total. The zero-order valence-electron chi connectivity index (χ0n) is 16.6. The molecule has 5 nitrogen and oxygen atoms in total. The number of esters is 1. The number of rotatable bonds is 6. The van der Waals surface area contributed by atoms with Crippen molar-refractivity contribution in [3.63, 3.8) is 0 Å². The van der Waals surface area contributed by atoms with Gasteiger partial charge in [-0.2, -0.15) is 0 Å². The van der Waals surface area contributed by atoms with Gasteiger partial charge in [-0.05, 0) is 54.2 Å². The predicted molar refractivity (Wildman–Crippen MR) is 114 cm³/mol. The second-order valence-corrected chi connectivity index (χ2v) is 8.68. The van der Waals surface area contributed by atoms with Crippen LogP contribution in [0.3, 0.4) is 0 Å². The van der Waals surface area contributed by atoms with E-state index in [0.717, 1.165) is 24.0 Å². The van der Waals surface area contributed by atoms with Crippen LogP contribution in [0, 0.1) is 5.92 Å². The van der Waals surface area contributed by atoms with Crippen molar-refractivity contribution in [2.75, 3.05) is 13.7 Å². The molecule has 1 heterocycles. The van der Waals surface area contributed by atoms with Crippen LogP contribution in [0.4, 0.5) is 0 Å². The normalized spacial score (nSPS) is 24.0. The highest BCUT2D eigenvalue weighted by atomic mass is 35.5. The molecule has 158 valence electrons. The van der Waals surface area contributed by atoms with Gasteiger partial charge in [-0.3, -0.25) is 9.59 Å². The minimum atomic E-state index is -0.899. The lowest BCUT2D eigenvalue weighted by Gasteiger charge is -2.45. The highest BCUT2D eigenvalue weighted by Gasteiger charge is 2.46. The molecule has 2 aromatic rings. The fourth-order valence-electron chi connectivity index (χ4n) is 3.91. The van der Waals surface area contributed by atoms with E-state index in [1.54, 1.807) is 6.07 Å². The lowest BCUT2D eigenvalue weighted by atomic mass is 9.91. The molecule has 0 bridgehead atoms. The molecule has 1 aliphatic heterocycles. The Balaban J connectivity index is 1.77. The Morgan fingerprint density at radius 3 is 2.47 bits per heavy atom. The van der Waals surface area contributed by atoms with Gasteiger partial charge in [0.2, 0.25) is 0 Å². The van der Waals surface area contributed by atoms with E-state index in [1.165, 1.54) is 7.11 Å². The molecular formula is C23H23Cl2NO4. The number of carbonyl (C=O) groups is 2. The predicted octanol–water partition coefficient (Wildman–Crippen LogP) is 4.98. The molecule has 1 aliphatic carbocycles. The van der Waals surface area contributed by atoms with Gasteiger partial charge < -0.3 is 14.4 Å². The SMILES string of the molecule is COC(=O)C[C@@H]1O[C@@H](c2cccc(Cl)c2)[C@H](c2ccc(Cl)cc2)N(CC2CC2)C1=O. The first-order chi connectivity index (χ1) is 14.5. The van der Waals surface area contributed by atoms with Crippen LogP contribution < -0.4 is 0 Å². The van der Waals surface area contributed by atoms with Crippen molar-refractivity contribution in [3.8, 4) is 0 Å². The van der Waals surface area contributed by atoms with E-state index in [4.69, 9.17) is 32.7 Å². The highest BCUT2D eigenvalue weighted by Crippen LogP contribution is 2.45. The maximum atomic E-state index is 13.4. The zero-order valence-corrected chi connectivity index (χ0v) is 18.1. The summed E-state index contributed by atoms with van der Waals surface area (Å²) in [4.78, 5) is 27.2. The number of carbonyl (C=O) groups excluding carboxylic acids is 2. The molecule has 0 spiro atoms. The summed E-state index contributed by atoms with van der Waals surface area (Å²) in [5.74, 6) is -0.194. The second-order valence-electron chi connectivity index (χ2n) is 7.81. The summed E-state index contributed by atoms with van der Waals surface area (Å²) < 4.78 is 11.0. The highest BCUT2D eigenvalue weighted by molar-refractivity contribution is 6.30. The minimum Gasteiger partial charge on any atom is -0.469 e. The van der Waals surface area contributed by atoms with Crippen molar-refractivity contribution in [1.29, 1.82) is 0 Å². The van der Waals surface area contributed by atoms with E-state index < -0.39 is 18.2 Å². The largest absolute Gasteiger partial charge is 0.469 e. The van der Waals surface area contributed by atoms with Gasteiger partial charge in [0.15, 0.2) is 0 Å². The fourth-order valence-corrected chi connectivity index (χ4v) is 4.23. The van der Waals surface area contributed by atoms with Crippen LogP contribution in [0.5, 0.6) is 0 Å². The smallest absolute Gasteiger partial charge is 0.308 e. The van der Waals surface area contributed by atoms with E-state index in [0.29, 0.717) is 22.5 Å². The standard InChI is InChI=1S/C23H23Cl2NO4/c1-29-20(27)12-19-23(28)26(13-14-5-6-14)21(15-7-9-17(24)10-8-15)22(30-19)16-3-2-4-18(25)11-16/h2-4,7-11,14,19,21-22H,5-6,12-13H2,1H3/t19-,21-,22-/m0/s1. The van der Waals surface area contributed by atoms with Crippen molar-refractivity contribution in [3.05, 3.63) is 69.7 Å². The van der Waals surface area contributed by atoms with Crippen molar-refractivity contribution < 1.29 is 19.1 Å². The Morgan fingerprint density at radius 2 is 1.83 bits per heavy atom. The van der Waals surface area contributed by atoms with Crippen LogP contribution in [0.25, 0.3) is 0 Å². The van der Waals surface area contributed by atoms with Gasteiger partial charge in [-0.25, -0.2) is 0 Å². The monoisotopic (exact) mass is 447 g/mol. The van der Waals surface area contributed by atoms with Crippen molar-refractivity contribution in [2.45, 2.75) is 37.5 Å². The van der Waals surface area contributed by atoms with Crippen LogP contribution in [0.2, 0.25) is 10.0 Å². The number of hydrogen-bond acceptors (Lipinski definition) is 4. The summed E-state index contributed by atoms with van der Waals surface area (Å²) >= 11 is 12.4. The lowest BCUT2D eigenvalue weighted by Crippen LogP contribution is -2.52. The van der Waals surface area contributed by atoms with Crippen LogP contribution >= 0.6 is 23.2 Å². The summed E-state index contributed by atoms with van der Waals surface area (Å²) in [6.45, 7) is 0.629. The van der Waals surface area contributed by atoms with E-state index >= 15 is 0 Å². The van der Waals surface area contributed by atoms with Crippen molar-refractivity contribution in [1.82, 2.24) is 4.90 Å². The number of halogens is 2. The molecule has 2 aliphatic rings. The number of ether oxygens (including phenoxy) is 2.